The van der Waals surface area contributed by atoms with Gasteiger partial charge in [0.05, 0.1) is 12.2 Å². The summed E-state index contributed by atoms with van der Waals surface area (Å²) in [5.74, 6) is 0.753. The van der Waals surface area contributed by atoms with Crippen LogP contribution in [0.2, 0.25) is 0 Å². The van der Waals surface area contributed by atoms with Gasteiger partial charge in [-0.3, -0.25) is 4.79 Å². The van der Waals surface area contributed by atoms with Gasteiger partial charge in [0.15, 0.2) is 0 Å². The molecule has 0 saturated carbocycles. The van der Waals surface area contributed by atoms with Gasteiger partial charge in [0.25, 0.3) is 5.56 Å². The van der Waals surface area contributed by atoms with E-state index in [2.05, 4.69) is 11.7 Å². The molecule has 116 valence electrons. The maximum absolute atomic E-state index is 12.1. The Morgan fingerprint density at radius 2 is 1.91 bits per heavy atom. The Kier molecular flexibility index (Phi) is 3.98. The molecule has 4 heteroatoms. The molecule has 0 atom stereocenters. The molecule has 23 heavy (non-hydrogen) atoms. The van der Waals surface area contributed by atoms with Crippen molar-refractivity contribution in [3.8, 4) is 11.1 Å². The van der Waals surface area contributed by atoms with E-state index in [1.807, 2.05) is 50.4 Å². The van der Waals surface area contributed by atoms with Gasteiger partial charge in [0, 0.05) is 23.4 Å². The van der Waals surface area contributed by atoms with Gasteiger partial charge in [0.1, 0.15) is 5.76 Å². The molecule has 0 N–H and O–H groups in total. The Hall–Kier alpha value is -2.88. The third-order valence-corrected chi connectivity index (χ3v) is 3.87. The minimum atomic E-state index is -0.0340. The zero-order valence-electron chi connectivity index (χ0n) is 13.2. The van der Waals surface area contributed by atoms with Crippen molar-refractivity contribution in [3.63, 3.8) is 0 Å². The van der Waals surface area contributed by atoms with Gasteiger partial charge in [-0.05, 0) is 31.0 Å². The molecule has 2 heterocycles. The average Bonchev–Trinajstić information content (AvgIpc) is 2.89. The van der Waals surface area contributed by atoms with Gasteiger partial charge >= 0.3 is 0 Å². The van der Waals surface area contributed by atoms with Crippen molar-refractivity contribution in [1.82, 2.24) is 9.72 Å². The summed E-state index contributed by atoms with van der Waals surface area (Å²) in [5, 5.41) is 3.98. The van der Waals surface area contributed by atoms with Gasteiger partial charge in [-0.1, -0.05) is 42.1 Å². The Morgan fingerprint density at radius 3 is 2.52 bits per heavy atom. The number of aryl methyl sites for hydroxylation is 2. The van der Waals surface area contributed by atoms with Crippen molar-refractivity contribution in [2.24, 2.45) is 0 Å². The Balaban J connectivity index is 1.97. The first-order chi connectivity index (χ1) is 11.1. The molecule has 2 aromatic heterocycles. The smallest absolute Gasteiger partial charge is 0.250 e. The fourth-order valence-electron chi connectivity index (χ4n) is 2.65. The molecule has 0 saturated heterocycles. The molecule has 0 bridgehead atoms. The van der Waals surface area contributed by atoms with E-state index in [0.29, 0.717) is 6.54 Å². The highest BCUT2D eigenvalue weighted by atomic mass is 16.5. The molecule has 0 aliphatic heterocycles. The van der Waals surface area contributed by atoms with E-state index in [1.165, 1.54) is 0 Å². The van der Waals surface area contributed by atoms with Crippen LogP contribution < -0.4 is 5.56 Å². The maximum Gasteiger partial charge on any atom is 0.250 e. The number of benzene rings is 1. The number of pyridine rings is 1. The van der Waals surface area contributed by atoms with Crippen LogP contribution in [0.3, 0.4) is 0 Å². The summed E-state index contributed by atoms with van der Waals surface area (Å²) in [6.07, 6.45) is 3.66. The van der Waals surface area contributed by atoms with E-state index >= 15 is 0 Å². The lowest BCUT2D eigenvalue weighted by Gasteiger charge is -2.09. The molecule has 0 unspecified atom stereocenters. The highest BCUT2D eigenvalue weighted by Gasteiger charge is 2.12. The first kappa shape index (κ1) is 15.0. The quantitative estimate of drug-likeness (QED) is 0.736. The SMILES string of the molecule is C=Cc1ccc(Cn2cc(-c3c(C)noc3C)ccc2=O)cc1. The van der Waals surface area contributed by atoms with Crippen molar-refractivity contribution in [1.29, 1.82) is 0 Å². The number of rotatable bonds is 4. The molecule has 0 aliphatic carbocycles. The van der Waals surface area contributed by atoms with Crippen LogP contribution in [0.4, 0.5) is 0 Å². The predicted molar refractivity (Wildman–Crippen MR) is 91.3 cm³/mol. The molecular formula is C19H18N2O2. The van der Waals surface area contributed by atoms with Gasteiger partial charge in [-0.25, -0.2) is 0 Å². The monoisotopic (exact) mass is 306 g/mol. The molecule has 0 fully saturated rings. The summed E-state index contributed by atoms with van der Waals surface area (Å²) >= 11 is 0. The molecule has 0 aliphatic rings. The Labute approximate surface area is 134 Å². The van der Waals surface area contributed by atoms with Crippen LogP contribution in [-0.2, 0) is 6.54 Å². The van der Waals surface area contributed by atoms with Crippen molar-refractivity contribution in [2.45, 2.75) is 20.4 Å². The summed E-state index contributed by atoms with van der Waals surface area (Å²) in [4.78, 5) is 12.1. The standard InChI is InChI=1S/C19H18N2O2/c1-4-15-5-7-16(8-6-15)11-21-12-17(9-10-18(21)22)19-13(2)20-23-14(19)3/h4-10,12H,1,11H2,2-3H3. The van der Waals surface area contributed by atoms with Crippen molar-refractivity contribution < 1.29 is 4.52 Å². The van der Waals surface area contributed by atoms with Gasteiger partial charge in [-0.2, -0.15) is 0 Å². The number of hydrogen-bond acceptors (Lipinski definition) is 3. The fraction of sp³-hybridized carbons (Fsp3) is 0.158. The number of hydrogen-bond donors (Lipinski definition) is 0. The van der Waals surface area contributed by atoms with Crippen LogP contribution in [-0.4, -0.2) is 9.72 Å². The van der Waals surface area contributed by atoms with Gasteiger partial charge < -0.3 is 9.09 Å². The molecule has 1 aromatic carbocycles. The van der Waals surface area contributed by atoms with Crippen LogP contribution >= 0.6 is 0 Å². The van der Waals surface area contributed by atoms with Crippen molar-refractivity contribution >= 4 is 6.08 Å². The van der Waals surface area contributed by atoms with Crippen LogP contribution in [0.25, 0.3) is 17.2 Å². The third-order valence-electron chi connectivity index (χ3n) is 3.87. The average molecular weight is 306 g/mol. The van der Waals surface area contributed by atoms with Crippen molar-refractivity contribution in [3.05, 3.63) is 82.1 Å². The summed E-state index contributed by atoms with van der Waals surface area (Å²) in [6.45, 7) is 8.04. The largest absolute Gasteiger partial charge is 0.361 e. The highest BCUT2D eigenvalue weighted by Crippen LogP contribution is 2.25. The molecular weight excluding hydrogens is 288 g/mol. The van der Waals surface area contributed by atoms with E-state index in [1.54, 1.807) is 16.7 Å². The van der Waals surface area contributed by atoms with Crippen LogP contribution in [0.15, 0.2) is 58.5 Å². The lowest BCUT2D eigenvalue weighted by atomic mass is 10.1. The third kappa shape index (κ3) is 3.01. The lowest BCUT2D eigenvalue weighted by Crippen LogP contribution is -2.19. The minimum absolute atomic E-state index is 0.0340. The molecule has 0 radical (unpaired) electrons. The predicted octanol–water partition coefficient (Wildman–Crippen LogP) is 3.81. The first-order valence-corrected chi connectivity index (χ1v) is 7.43. The van der Waals surface area contributed by atoms with Gasteiger partial charge in [-0.15, -0.1) is 0 Å². The molecule has 3 rings (SSSR count). The zero-order valence-corrected chi connectivity index (χ0v) is 13.2. The lowest BCUT2D eigenvalue weighted by molar-refractivity contribution is 0.393. The van der Waals surface area contributed by atoms with Crippen LogP contribution in [0.5, 0.6) is 0 Å². The molecule has 4 nitrogen and oxygen atoms in total. The topological polar surface area (TPSA) is 48.0 Å². The normalized spacial score (nSPS) is 10.7. The summed E-state index contributed by atoms with van der Waals surface area (Å²) in [5.41, 5.74) is 4.79. The van der Waals surface area contributed by atoms with E-state index in [9.17, 15) is 4.79 Å². The maximum atomic E-state index is 12.1. The van der Waals surface area contributed by atoms with E-state index < -0.39 is 0 Å². The zero-order chi connectivity index (χ0) is 16.4. The second-order valence-electron chi connectivity index (χ2n) is 5.53. The van der Waals surface area contributed by atoms with Crippen LogP contribution in [0.1, 0.15) is 22.6 Å². The summed E-state index contributed by atoms with van der Waals surface area (Å²) in [7, 11) is 0. The molecule has 3 aromatic rings. The Bertz CT molecular complexity index is 882. The highest BCUT2D eigenvalue weighted by molar-refractivity contribution is 5.66. The fourth-order valence-corrected chi connectivity index (χ4v) is 2.65. The van der Waals surface area contributed by atoms with E-state index in [0.717, 1.165) is 33.7 Å². The summed E-state index contributed by atoms with van der Waals surface area (Å²) < 4.78 is 6.92. The number of nitrogens with zero attached hydrogens (tertiary/aromatic N) is 2. The van der Waals surface area contributed by atoms with Crippen molar-refractivity contribution in [2.75, 3.05) is 0 Å². The first-order valence-electron chi connectivity index (χ1n) is 7.43. The summed E-state index contributed by atoms with van der Waals surface area (Å²) in [6, 6.07) is 11.4. The van der Waals surface area contributed by atoms with Crippen LogP contribution in [0, 0.1) is 13.8 Å². The number of aromatic nitrogens is 2. The Morgan fingerprint density at radius 1 is 1.17 bits per heavy atom. The molecule has 0 spiro atoms. The molecule has 0 amide bonds. The second kappa shape index (κ2) is 6.08. The minimum Gasteiger partial charge on any atom is -0.361 e. The van der Waals surface area contributed by atoms with Gasteiger partial charge in [0.2, 0.25) is 0 Å². The van der Waals surface area contributed by atoms with E-state index in [-0.39, 0.29) is 5.56 Å². The second-order valence-corrected chi connectivity index (χ2v) is 5.53. The van der Waals surface area contributed by atoms with E-state index in [4.69, 9.17) is 4.52 Å².